The molecule has 0 saturated carbocycles. The monoisotopic (exact) mass is 630 g/mol. The van der Waals surface area contributed by atoms with Crippen LogP contribution in [0.15, 0.2) is 23.5 Å². The van der Waals surface area contributed by atoms with E-state index in [1.807, 2.05) is 0 Å². The van der Waals surface area contributed by atoms with Gasteiger partial charge < -0.3 is 27.9 Å². The van der Waals surface area contributed by atoms with Crippen LogP contribution in [0.25, 0.3) is 0 Å². The van der Waals surface area contributed by atoms with E-state index in [1.54, 1.807) is 0 Å². The van der Waals surface area contributed by atoms with Crippen LogP contribution in [0.1, 0.15) is 27.7 Å². The average Bonchev–Trinajstić information content (AvgIpc) is 2.82. The topological polar surface area (TPSA) is 112 Å². The van der Waals surface area contributed by atoms with Gasteiger partial charge in [-0.1, -0.05) is 0 Å². The first-order valence-electron chi connectivity index (χ1n) is 12.3. The van der Waals surface area contributed by atoms with E-state index in [0.29, 0.717) is 0 Å². The van der Waals surface area contributed by atoms with Crippen molar-refractivity contribution in [2.45, 2.75) is 40.0 Å². The summed E-state index contributed by atoms with van der Waals surface area (Å²) >= 11 is 0. The van der Waals surface area contributed by atoms with Gasteiger partial charge in [0.05, 0.1) is 38.8 Å². The first-order chi connectivity index (χ1) is 18.4. The Kier molecular flexibility index (Phi) is 14.1. The zero-order valence-electron chi connectivity index (χ0n) is 22.5. The van der Waals surface area contributed by atoms with Gasteiger partial charge in [-0.15, -0.1) is 0 Å². The molecule has 0 aromatic heterocycles. The van der Waals surface area contributed by atoms with Gasteiger partial charge in [-0.2, -0.15) is 26.3 Å². The Morgan fingerprint density at radius 3 is 1.07 bits per heavy atom. The number of halogens is 6. The lowest BCUT2D eigenvalue weighted by atomic mass is 10.2. The minimum atomic E-state index is -5.22. The van der Waals surface area contributed by atoms with Gasteiger partial charge in [0.15, 0.2) is 0 Å². The van der Waals surface area contributed by atoms with Crippen LogP contribution in [0, 0.1) is 0 Å². The number of ketones is 2. The van der Waals surface area contributed by atoms with Crippen LogP contribution >= 0.6 is 15.2 Å². The Morgan fingerprint density at radius 1 is 0.625 bits per heavy atom. The zero-order chi connectivity index (χ0) is 30.8. The Hall–Kier alpha value is -1.70. The Labute approximate surface area is 228 Å². The van der Waals surface area contributed by atoms with Gasteiger partial charge in [-0.05, 0) is 27.7 Å². The second kappa shape index (κ2) is 15.5. The number of piperazine rings is 1. The van der Waals surface area contributed by atoms with E-state index in [-0.39, 0.29) is 76.2 Å². The molecule has 0 aromatic rings. The average molecular weight is 630 g/mol. The zero-order valence-corrected chi connectivity index (χ0v) is 24.3. The van der Waals surface area contributed by atoms with Crippen molar-refractivity contribution in [1.82, 2.24) is 9.80 Å². The lowest BCUT2D eigenvalue weighted by Crippen LogP contribution is -2.47. The summed E-state index contributed by atoms with van der Waals surface area (Å²) in [6, 6.07) is 0. The lowest BCUT2D eigenvalue weighted by Gasteiger charge is -2.40. The van der Waals surface area contributed by atoms with Crippen molar-refractivity contribution in [3.8, 4) is 0 Å². The summed E-state index contributed by atoms with van der Waals surface area (Å²) in [5, 5.41) is 0. The second-order valence-electron chi connectivity index (χ2n) is 8.18. The van der Waals surface area contributed by atoms with Crippen LogP contribution in [0.4, 0.5) is 26.3 Å². The summed E-state index contributed by atoms with van der Waals surface area (Å²) in [6.45, 7) is 4.95. The molecular formula is C22H34F6N2O8P2. The maximum atomic E-state index is 13.0. The highest BCUT2D eigenvalue weighted by Gasteiger charge is 2.40. The summed E-state index contributed by atoms with van der Waals surface area (Å²) < 4.78 is 125. The van der Waals surface area contributed by atoms with Crippen molar-refractivity contribution in [3.63, 3.8) is 0 Å². The van der Waals surface area contributed by atoms with Gasteiger partial charge in [0.2, 0.25) is 0 Å². The molecule has 0 aliphatic carbocycles. The largest absolute Gasteiger partial charge is 0.454 e. The number of carbonyl (C=O) groups is 2. The maximum Gasteiger partial charge on any atom is 0.454 e. The van der Waals surface area contributed by atoms with Gasteiger partial charge in [0, 0.05) is 49.7 Å². The summed E-state index contributed by atoms with van der Waals surface area (Å²) in [4.78, 5) is 26.1. The van der Waals surface area contributed by atoms with E-state index in [0.717, 1.165) is 0 Å². The smallest absolute Gasteiger partial charge is 0.371 e. The standard InChI is InChI=1S/C22H34F6N2O8P2/c1-5-35-39(33,36-6-2)15-17(13-19(31)21(23,24)25)29-9-11-30(12-10-29)18(14-20(32)22(26,27)28)16-40(34,37-7-3)38-8-4/h13-14H,5-12,15-16H2,1-4H3/b17-13-,18-14-. The van der Waals surface area contributed by atoms with Gasteiger partial charge >= 0.3 is 27.5 Å². The third-order valence-corrected chi connectivity index (χ3v) is 9.29. The molecule has 0 amide bonds. The fourth-order valence-electron chi connectivity index (χ4n) is 3.66. The third-order valence-electron chi connectivity index (χ3n) is 5.26. The lowest BCUT2D eigenvalue weighted by molar-refractivity contribution is -0.165. The molecule has 1 fully saturated rings. The van der Waals surface area contributed by atoms with E-state index in [9.17, 15) is 45.1 Å². The number of carbonyl (C=O) groups excluding carboxylic acids is 2. The molecule has 1 rings (SSSR count). The van der Waals surface area contributed by atoms with Crippen molar-refractivity contribution >= 4 is 26.8 Å². The molecule has 0 spiro atoms. The third kappa shape index (κ3) is 11.7. The molecule has 1 aliphatic heterocycles. The molecule has 1 heterocycles. The highest BCUT2D eigenvalue weighted by molar-refractivity contribution is 7.54. The number of hydrogen-bond donors (Lipinski definition) is 0. The first-order valence-corrected chi connectivity index (χ1v) is 15.8. The van der Waals surface area contributed by atoms with E-state index in [4.69, 9.17) is 18.1 Å². The fourth-order valence-corrected chi connectivity index (χ4v) is 7.13. The number of allylic oxidation sites excluding steroid dienone is 4. The molecule has 0 aromatic carbocycles. The summed E-state index contributed by atoms with van der Waals surface area (Å²) in [6.07, 6.45) is -11.2. The van der Waals surface area contributed by atoms with Crippen LogP contribution in [0.5, 0.6) is 0 Å². The summed E-state index contributed by atoms with van der Waals surface area (Å²) in [5.74, 6) is -4.43. The minimum Gasteiger partial charge on any atom is -0.371 e. The SMILES string of the molecule is CCOP(=O)(C/C(=C/C(=O)C(F)(F)F)N1CCN(/C(=C\C(=O)C(F)(F)F)CP(=O)(OCC)OCC)CC1)OCC. The van der Waals surface area contributed by atoms with E-state index in [2.05, 4.69) is 0 Å². The molecule has 18 heteroatoms. The van der Waals surface area contributed by atoms with E-state index < -0.39 is 51.4 Å². The van der Waals surface area contributed by atoms with Crippen LogP contribution < -0.4 is 0 Å². The summed E-state index contributed by atoms with van der Waals surface area (Å²) in [5.41, 5.74) is -0.614. The molecule has 0 radical (unpaired) electrons. The molecule has 1 aliphatic rings. The van der Waals surface area contributed by atoms with E-state index >= 15 is 0 Å². The normalized spacial score (nSPS) is 16.4. The molecule has 0 atom stereocenters. The van der Waals surface area contributed by atoms with Crippen molar-refractivity contribution in [1.29, 1.82) is 0 Å². The quantitative estimate of drug-likeness (QED) is 0.129. The number of nitrogens with zero attached hydrogens (tertiary/aromatic N) is 2. The molecule has 40 heavy (non-hydrogen) atoms. The van der Waals surface area contributed by atoms with Crippen LogP contribution in [0.2, 0.25) is 0 Å². The maximum absolute atomic E-state index is 13.0. The molecule has 10 nitrogen and oxygen atoms in total. The molecule has 0 bridgehead atoms. The Balaban J connectivity index is 3.35. The highest BCUT2D eigenvalue weighted by atomic mass is 31.2. The van der Waals surface area contributed by atoms with Gasteiger partial charge in [0.25, 0.3) is 11.6 Å². The highest BCUT2D eigenvalue weighted by Crippen LogP contribution is 2.51. The Bertz CT molecular complexity index is 924. The fraction of sp³-hybridized carbons (Fsp3) is 0.727. The molecule has 0 N–H and O–H groups in total. The van der Waals surface area contributed by atoms with E-state index in [1.165, 1.54) is 37.5 Å². The van der Waals surface area contributed by atoms with Crippen molar-refractivity contribution in [3.05, 3.63) is 23.5 Å². The number of alkyl halides is 6. The number of hydrogen-bond acceptors (Lipinski definition) is 10. The van der Waals surface area contributed by atoms with Crippen LogP contribution in [-0.2, 0) is 36.8 Å². The van der Waals surface area contributed by atoms with Crippen molar-refractivity contribution in [2.75, 3.05) is 64.9 Å². The number of rotatable bonds is 16. The van der Waals surface area contributed by atoms with Gasteiger partial charge in [-0.3, -0.25) is 18.7 Å². The minimum absolute atomic E-state index is 0.0906. The molecule has 1 saturated heterocycles. The van der Waals surface area contributed by atoms with Crippen molar-refractivity contribution < 1.29 is 63.2 Å². The predicted molar refractivity (Wildman–Crippen MR) is 133 cm³/mol. The van der Waals surface area contributed by atoms with Gasteiger partial charge in [0.1, 0.15) is 0 Å². The van der Waals surface area contributed by atoms with Crippen LogP contribution in [0.3, 0.4) is 0 Å². The van der Waals surface area contributed by atoms with Crippen LogP contribution in [-0.4, -0.2) is 98.6 Å². The van der Waals surface area contributed by atoms with Gasteiger partial charge in [-0.25, -0.2) is 0 Å². The molecule has 232 valence electrons. The Morgan fingerprint density at radius 2 is 0.875 bits per heavy atom. The first kappa shape index (κ1) is 36.3. The summed E-state index contributed by atoms with van der Waals surface area (Å²) in [7, 11) is -7.92. The van der Waals surface area contributed by atoms with Crippen molar-refractivity contribution in [2.24, 2.45) is 0 Å². The molecule has 0 unspecified atom stereocenters. The molecular weight excluding hydrogens is 596 g/mol. The second-order valence-corrected chi connectivity index (χ2v) is 12.3. The predicted octanol–water partition coefficient (Wildman–Crippen LogP) is 5.17.